The number of hydrogen-bond donors (Lipinski definition) is 0. The molecule has 2 aromatic rings. The lowest BCUT2D eigenvalue weighted by molar-refractivity contribution is 0.0592. The predicted molar refractivity (Wildman–Crippen MR) is 84.5 cm³/mol. The lowest BCUT2D eigenvalue weighted by Gasteiger charge is -2.17. The molecule has 0 fully saturated rings. The minimum absolute atomic E-state index is 0.211. The van der Waals surface area contributed by atoms with E-state index >= 15 is 0 Å². The first-order valence-electron chi connectivity index (χ1n) is 6.48. The van der Waals surface area contributed by atoms with Crippen LogP contribution in [0.15, 0.2) is 40.9 Å². The molecule has 0 N–H and O–H groups in total. The van der Waals surface area contributed by atoms with Crippen molar-refractivity contribution in [3.63, 3.8) is 0 Å². The van der Waals surface area contributed by atoms with E-state index in [2.05, 4.69) is 43.0 Å². The number of benzene rings is 1. The van der Waals surface area contributed by atoms with E-state index in [0.717, 1.165) is 23.3 Å². The van der Waals surface area contributed by atoms with Crippen LogP contribution in [0.3, 0.4) is 0 Å². The molecule has 5 nitrogen and oxygen atoms in total. The molecule has 1 aromatic heterocycles. The Kier molecular flexibility index (Phi) is 5.27. The Morgan fingerprint density at radius 2 is 1.90 bits per heavy atom. The third-order valence-electron chi connectivity index (χ3n) is 3.09. The molecule has 0 unspecified atom stereocenters. The van der Waals surface area contributed by atoms with Crippen LogP contribution >= 0.6 is 15.9 Å². The van der Waals surface area contributed by atoms with Crippen molar-refractivity contribution in [3.05, 3.63) is 52.1 Å². The van der Waals surface area contributed by atoms with Gasteiger partial charge in [-0.1, -0.05) is 28.1 Å². The Labute approximate surface area is 132 Å². The van der Waals surface area contributed by atoms with Gasteiger partial charge in [0.2, 0.25) is 0 Å². The summed E-state index contributed by atoms with van der Waals surface area (Å²) in [4.78, 5) is 13.3. The van der Waals surface area contributed by atoms with Crippen molar-refractivity contribution < 1.29 is 9.53 Å². The molecule has 0 spiro atoms. The summed E-state index contributed by atoms with van der Waals surface area (Å²) in [6, 6.07) is 11.6. The molecule has 0 aliphatic carbocycles. The van der Waals surface area contributed by atoms with Crippen molar-refractivity contribution >= 4 is 27.7 Å². The van der Waals surface area contributed by atoms with Crippen LogP contribution in [0.2, 0.25) is 0 Å². The molecular weight excluding hydrogens is 334 g/mol. The fraction of sp³-hybridized carbons (Fsp3) is 0.267. The molecule has 2 rings (SSSR count). The monoisotopic (exact) mass is 349 g/mol. The van der Waals surface area contributed by atoms with Crippen LogP contribution in [0.25, 0.3) is 0 Å². The van der Waals surface area contributed by atoms with E-state index in [1.54, 1.807) is 12.1 Å². The third kappa shape index (κ3) is 4.26. The van der Waals surface area contributed by atoms with E-state index in [9.17, 15) is 4.79 Å². The van der Waals surface area contributed by atoms with Gasteiger partial charge in [-0.15, -0.1) is 10.2 Å². The van der Waals surface area contributed by atoms with Crippen molar-refractivity contribution in [2.24, 2.45) is 0 Å². The zero-order chi connectivity index (χ0) is 15.2. The summed E-state index contributed by atoms with van der Waals surface area (Å²) in [7, 11) is 3.27. The quantitative estimate of drug-likeness (QED) is 0.776. The molecule has 0 saturated heterocycles. The van der Waals surface area contributed by atoms with Crippen LogP contribution in [0.5, 0.6) is 0 Å². The summed E-state index contributed by atoms with van der Waals surface area (Å²) in [5.74, 6) is 0.242. The third-order valence-corrected chi connectivity index (χ3v) is 3.61. The standard InChI is InChI=1S/C15H16BrN3O2/c1-19(10-9-11-3-5-12(16)6-4-11)14-8-7-13(17-18-14)15(20)21-2/h3-8H,9-10H2,1-2H3. The maximum Gasteiger partial charge on any atom is 0.358 e. The van der Waals surface area contributed by atoms with E-state index in [1.807, 2.05) is 24.1 Å². The van der Waals surface area contributed by atoms with Gasteiger partial charge >= 0.3 is 5.97 Å². The Balaban J connectivity index is 1.95. The zero-order valence-corrected chi connectivity index (χ0v) is 13.5. The lowest BCUT2D eigenvalue weighted by Crippen LogP contribution is -2.22. The van der Waals surface area contributed by atoms with Crippen molar-refractivity contribution in [2.75, 3.05) is 25.6 Å². The molecule has 6 heteroatoms. The van der Waals surface area contributed by atoms with E-state index in [4.69, 9.17) is 0 Å². The van der Waals surface area contributed by atoms with Crippen molar-refractivity contribution in [1.82, 2.24) is 10.2 Å². The molecule has 1 heterocycles. The number of halogens is 1. The fourth-order valence-electron chi connectivity index (χ4n) is 1.80. The number of likely N-dealkylation sites (N-methyl/N-ethyl adjacent to an activating group) is 1. The number of carbonyl (C=O) groups is 1. The van der Waals surface area contributed by atoms with Gasteiger partial charge in [-0.05, 0) is 36.2 Å². The van der Waals surface area contributed by atoms with Gasteiger partial charge in [0.05, 0.1) is 7.11 Å². The van der Waals surface area contributed by atoms with Gasteiger partial charge in [0.25, 0.3) is 0 Å². The number of carbonyl (C=O) groups excluding carboxylic acids is 1. The highest BCUT2D eigenvalue weighted by Gasteiger charge is 2.09. The van der Waals surface area contributed by atoms with Crippen molar-refractivity contribution in [1.29, 1.82) is 0 Å². The van der Waals surface area contributed by atoms with Crippen LogP contribution in [0.1, 0.15) is 16.1 Å². The highest BCUT2D eigenvalue weighted by atomic mass is 79.9. The van der Waals surface area contributed by atoms with Crippen LogP contribution in [0, 0.1) is 0 Å². The fourth-order valence-corrected chi connectivity index (χ4v) is 2.07. The Morgan fingerprint density at radius 1 is 1.19 bits per heavy atom. The Hall–Kier alpha value is -1.95. The minimum Gasteiger partial charge on any atom is -0.464 e. The molecule has 0 bridgehead atoms. The second-order valence-electron chi connectivity index (χ2n) is 4.57. The van der Waals surface area contributed by atoms with Crippen molar-refractivity contribution in [3.8, 4) is 0 Å². The number of ether oxygens (including phenoxy) is 1. The Morgan fingerprint density at radius 3 is 2.48 bits per heavy atom. The predicted octanol–water partition coefficient (Wildman–Crippen LogP) is 2.70. The second-order valence-corrected chi connectivity index (χ2v) is 5.48. The summed E-state index contributed by atoms with van der Waals surface area (Å²) >= 11 is 3.42. The number of nitrogens with zero attached hydrogens (tertiary/aromatic N) is 3. The van der Waals surface area contributed by atoms with Crippen LogP contribution < -0.4 is 4.90 Å². The number of aromatic nitrogens is 2. The molecule has 0 aliphatic heterocycles. The van der Waals surface area contributed by atoms with Gasteiger partial charge in [-0.25, -0.2) is 4.79 Å². The SMILES string of the molecule is COC(=O)c1ccc(N(C)CCc2ccc(Br)cc2)nn1. The van der Waals surface area contributed by atoms with Crippen LogP contribution in [0.4, 0.5) is 5.82 Å². The molecule has 0 radical (unpaired) electrons. The highest BCUT2D eigenvalue weighted by Crippen LogP contribution is 2.13. The molecule has 0 saturated carbocycles. The first kappa shape index (κ1) is 15.4. The van der Waals surface area contributed by atoms with E-state index in [-0.39, 0.29) is 5.69 Å². The van der Waals surface area contributed by atoms with E-state index < -0.39 is 5.97 Å². The maximum atomic E-state index is 11.3. The number of rotatable bonds is 5. The molecule has 0 aliphatic rings. The van der Waals surface area contributed by atoms with Gasteiger partial charge in [0.15, 0.2) is 11.5 Å². The number of methoxy groups -OCH3 is 1. The number of hydrogen-bond acceptors (Lipinski definition) is 5. The van der Waals surface area contributed by atoms with Crippen molar-refractivity contribution in [2.45, 2.75) is 6.42 Å². The highest BCUT2D eigenvalue weighted by molar-refractivity contribution is 9.10. The normalized spacial score (nSPS) is 10.2. The first-order valence-corrected chi connectivity index (χ1v) is 7.27. The Bertz CT molecular complexity index is 599. The molecule has 21 heavy (non-hydrogen) atoms. The van der Waals surface area contributed by atoms with E-state index in [1.165, 1.54) is 12.7 Å². The maximum absolute atomic E-state index is 11.3. The second kappa shape index (κ2) is 7.17. The number of anilines is 1. The van der Waals surface area contributed by atoms with Gasteiger partial charge in [0.1, 0.15) is 0 Å². The zero-order valence-electron chi connectivity index (χ0n) is 11.9. The smallest absolute Gasteiger partial charge is 0.358 e. The van der Waals surface area contributed by atoms with Gasteiger partial charge in [-0.3, -0.25) is 0 Å². The topological polar surface area (TPSA) is 55.3 Å². The van der Waals surface area contributed by atoms with Gasteiger partial charge in [-0.2, -0.15) is 0 Å². The lowest BCUT2D eigenvalue weighted by atomic mass is 10.1. The first-order chi connectivity index (χ1) is 10.1. The average molecular weight is 350 g/mol. The van der Waals surface area contributed by atoms with E-state index in [0.29, 0.717) is 0 Å². The average Bonchev–Trinajstić information content (AvgIpc) is 2.53. The summed E-state index contributed by atoms with van der Waals surface area (Å²) in [6.45, 7) is 0.813. The molecule has 0 amide bonds. The summed E-state index contributed by atoms with van der Waals surface area (Å²) in [6.07, 6.45) is 0.907. The summed E-state index contributed by atoms with van der Waals surface area (Å²) < 4.78 is 5.67. The molecule has 1 aromatic carbocycles. The number of esters is 1. The van der Waals surface area contributed by atoms with Crippen LogP contribution in [-0.4, -0.2) is 36.9 Å². The largest absolute Gasteiger partial charge is 0.464 e. The molecule has 0 atom stereocenters. The molecule has 110 valence electrons. The van der Waals surface area contributed by atoms with Gasteiger partial charge < -0.3 is 9.64 Å². The van der Waals surface area contributed by atoms with Crippen LogP contribution in [-0.2, 0) is 11.2 Å². The minimum atomic E-state index is -0.480. The summed E-state index contributed by atoms with van der Waals surface area (Å²) in [5.41, 5.74) is 1.46. The molecular formula is C15H16BrN3O2. The summed E-state index contributed by atoms with van der Waals surface area (Å²) in [5, 5.41) is 7.91. The van der Waals surface area contributed by atoms with Gasteiger partial charge in [0, 0.05) is 18.1 Å².